The van der Waals surface area contributed by atoms with Gasteiger partial charge in [-0.3, -0.25) is 10.1 Å². The molecule has 2 aromatic carbocycles. The lowest BCUT2D eigenvalue weighted by atomic mass is 10.0. The second-order valence-corrected chi connectivity index (χ2v) is 3.51. The molecule has 6 heteroatoms. The second-order valence-electron chi connectivity index (χ2n) is 3.51. The van der Waals surface area contributed by atoms with Crippen LogP contribution in [0.25, 0.3) is 21.6 Å². The third kappa shape index (κ3) is 2.28. The summed E-state index contributed by atoms with van der Waals surface area (Å²) in [5.74, 6) is 0. The molecule has 0 aliphatic heterocycles. The van der Waals surface area contributed by atoms with Gasteiger partial charge in [0.1, 0.15) is 0 Å². The van der Waals surface area contributed by atoms with Crippen molar-refractivity contribution in [3.8, 4) is 11.1 Å². The summed E-state index contributed by atoms with van der Waals surface area (Å²) in [4.78, 5) is 12.9. The van der Waals surface area contributed by atoms with Crippen LogP contribution in [0.2, 0.25) is 0 Å². The van der Waals surface area contributed by atoms with Crippen molar-refractivity contribution in [2.24, 2.45) is 5.11 Å². The zero-order valence-electron chi connectivity index (χ0n) is 9.22. The molecule has 0 spiro atoms. The summed E-state index contributed by atoms with van der Waals surface area (Å²) in [6.07, 6.45) is 0. The van der Waals surface area contributed by atoms with E-state index in [0.717, 1.165) is 11.1 Å². The summed E-state index contributed by atoms with van der Waals surface area (Å²) in [6.45, 7) is 0. The van der Waals surface area contributed by atoms with E-state index in [2.05, 4.69) is 10.0 Å². The van der Waals surface area contributed by atoms with Crippen molar-refractivity contribution in [3.05, 3.63) is 69.1 Å². The highest BCUT2D eigenvalue weighted by Gasteiger charge is 2.07. The van der Waals surface area contributed by atoms with Crippen molar-refractivity contribution in [1.29, 1.82) is 0 Å². The summed E-state index contributed by atoms with van der Waals surface area (Å²) in [6, 6.07) is 13.2. The molecule has 0 unspecified atom stereocenters. The lowest BCUT2D eigenvalue weighted by molar-refractivity contribution is -0.384. The highest BCUT2D eigenvalue weighted by molar-refractivity contribution is 5.76. The Bertz CT molecular complexity index is 631. The zero-order valence-corrected chi connectivity index (χ0v) is 9.22. The maximum absolute atomic E-state index is 10.6. The Balaban J connectivity index is 2.48. The first-order valence-electron chi connectivity index (χ1n) is 5.11. The van der Waals surface area contributed by atoms with Gasteiger partial charge in [0.15, 0.2) is 0 Å². The molecule has 0 aromatic heterocycles. The number of rotatable bonds is 3. The molecule has 0 N–H and O–H groups in total. The molecule has 0 bridgehead atoms. The van der Waals surface area contributed by atoms with E-state index in [0.29, 0.717) is 5.69 Å². The van der Waals surface area contributed by atoms with Crippen molar-refractivity contribution < 1.29 is 4.92 Å². The largest absolute Gasteiger partial charge is 0.269 e. The molecule has 18 heavy (non-hydrogen) atoms. The smallest absolute Gasteiger partial charge is 0.258 e. The van der Waals surface area contributed by atoms with Crippen molar-refractivity contribution in [1.82, 2.24) is 0 Å². The molecule has 0 radical (unpaired) electrons. The Hall–Kier alpha value is -2.85. The zero-order chi connectivity index (χ0) is 13.0. The minimum absolute atomic E-state index is 0.0278. The van der Waals surface area contributed by atoms with Crippen molar-refractivity contribution >= 4 is 11.4 Å². The Morgan fingerprint density at radius 2 is 1.78 bits per heavy atom. The predicted molar refractivity (Wildman–Crippen MR) is 67.3 cm³/mol. The van der Waals surface area contributed by atoms with Crippen LogP contribution in [0.3, 0.4) is 0 Å². The number of nitrogens with zero attached hydrogens (tertiary/aromatic N) is 4. The maximum atomic E-state index is 10.6. The van der Waals surface area contributed by atoms with Gasteiger partial charge in [-0.2, -0.15) is 0 Å². The van der Waals surface area contributed by atoms with Gasteiger partial charge in [-0.25, -0.2) is 0 Å². The van der Waals surface area contributed by atoms with E-state index in [9.17, 15) is 10.1 Å². The fraction of sp³-hybridized carbons (Fsp3) is 0. The number of nitro groups is 1. The van der Waals surface area contributed by atoms with Gasteiger partial charge in [-0.05, 0) is 28.8 Å². The molecule has 0 amide bonds. The summed E-state index contributed by atoms with van der Waals surface area (Å²) in [5, 5.41) is 14.1. The highest BCUT2D eigenvalue weighted by Crippen LogP contribution is 2.31. The van der Waals surface area contributed by atoms with Crippen LogP contribution in [-0.2, 0) is 0 Å². The van der Waals surface area contributed by atoms with Crippen molar-refractivity contribution in [2.75, 3.05) is 0 Å². The lowest BCUT2D eigenvalue weighted by Gasteiger charge is -2.04. The standard InChI is InChI=1S/C12H8N4O2/c13-15-14-12-4-2-1-3-11(12)9-5-7-10(8-6-9)16(17)18/h1-8H. The second kappa shape index (κ2) is 4.99. The predicted octanol–water partition coefficient (Wildman–Crippen LogP) is 4.20. The quantitative estimate of drug-likeness (QED) is 0.264. The number of non-ortho nitro benzene ring substituents is 1. The normalized spacial score (nSPS) is 9.56. The minimum atomic E-state index is -0.455. The molecule has 0 aliphatic carbocycles. The first kappa shape index (κ1) is 11.6. The van der Waals surface area contributed by atoms with E-state index in [1.165, 1.54) is 12.1 Å². The number of hydrogen-bond donors (Lipinski definition) is 0. The number of nitro benzene ring substituents is 1. The lowest BCUT2D eigenvalue weighted by Crippen LogP contribution is -1.87. The first-order chi connectivity index (χ1) is 8.72. The van der Waals surface area contributed by atoms with Crippen molar-refractivity contribution in [2.45, 2.75) is 0 Å². The van der Waals surface area contributed by atoms with Gasteiger partial charge < -0.3 is 0 Å². The average Bonchev–Trinajstić information content (AvgIpc) is 2.40. The fourth-order valence-corrected chi connectivity index (χ4v) is 1.62. The third-order valence-corrected chi connectivity index (χ3v) is 2.45. The first-order valence-corrected chi connectivity index (χ1v) is 5.11. The summed E-state index contributed by atoms with van der Waals surface area (Å²) < 4.78 is 0. The minimum Gasteiger partial charge on any atom is -0.258 e. The van der Waals surface area contributed by atoms with E-state index >= 15 is 0 Å². The van der Waals surface area contributed by atoms with Gasteiger partial charge in [0.25, 0.3) is 5.69 Å². The van der Waals surface area contributed by atoms with Gasteiger partial charge in [0, 0.05) is 22.7 Å². The fourth-order valence-electron chi connectivity index (χ4n) is 1.62. The van der Waals surface area contributed by atoms with Crippen molar-refractivity contribution in [3.63, 3.8) is 0 Å². The van der Waals surface area contributed by atoms with Crippen LogP contribution in [0, 0.1) is 10.1 Å². The summed E-state index contributed by atoms with van der Waals surface area (Å²) in [5.41, 5.74) is 10.5. The van der Waals surface area contributed by atoms with E-state index in [1.807, 2.05) is 6.07 Å². The monoisotopic (exact) mass is 240 g/mol. The van der Waals surface area contributed by atoms with E-state index in [4.69, 9.17) is 5.53 Å². The molecule has 0 atom stereocenters. The SMILES string of the molecule is [N-]=[N+]=Nc1ccccc1-c1ccc([N+](=O)[O-])cc1. The molecule has 0 saturated heterocycles. The molecular formula is C12H8N4O2. The molecule has 0 fully saturated rings. The maximum Gasteiger partial charge on any atom is 0.269 e. The molecule has 6 nitrogen and oxygen atoms in total. The van der Waals surface area contributed by atoms with Gasteiger partial charge in [0.2, 0.25) is 0 Å². The van der Waals surface area contributed by atoms with Crippen LogP contribution in [0.4, 0.5) is 11.4 Å². The Morgan fingerprint density at radius 1 is 1.11 bits per heavy atom. The van der Waals surface area contributed by atoms with Crippen LogP contribution in [0.5, 0.6) is 0 Å². The third-order valence-electron chi connectivity index (χ3n) is 2.45. The van der Waals surface area contributed by atoms with Gasteiger partial charge in [-0.1, -0.05) is 29.4 Å². The Kier molecular flexibility index (Phi) is 3.22. The number of benzene rings is 2. The van der Waals surface area contributed by atoms with Crippen LogP contribution in [0.1, 0.15) is 0 Å². The van der Waals surface area contributed by atoms with Crippen LogP contribution < -0.4 is 0 Å². The Labute approximate surface area is 102 Å². The molecule has 2 aromatic rings. The van der Waals surface area contributed by atoms with Crippen LogP contribution in [-0.4, -0.2) is 4.92 Å². The van der Waals surface area contributed by atoms with E-state index < -0.39 is 4.92 Å². The summed E-state index contributed by atoms with van der Waals surface area (Å²) in [7, 11) is 0. The van der Waals surface area contributed by atoms with Gasteiger partial charge in [-0.15, -0.1) is 0 Å². The van der Waals surface area contributed by atoms with E-state index in [1.54, 1.807) is 30.3 Å². The molecule has 0 heterocycles. The highest BCUT2D eigenvalue weighted by atomic mass is 16.6. The molecule has 0 saturated carbocycles. The number of hydrogen-bond acceptors (Lipinski definition) is 3. The number of azide groups is 1. The molecule has 2 rings (SSSR count). The van der Waals surface area contributed by atoms with Gasteiger partial charge >= 0.3 is 0 Å². The Morgan fingerprint density at radius 3 is 2.39 bits per heavy atom. The molecule has 0 aliphatic rings. The molecule has 88 valence electrons. The van der Waals surface area contributed by atoms with Crippen LogP contribution in [0.15, 0.2) is 53.6 Å². The van der Waals surface area contributed by atoms with E-state index in [-0.39, 0.29) is 5.69 Å². The molecular weight excluding hydrogens is 232 g/mol. The van der Waals surface area contributed by atoms with Crippen LogP contribution >= 0.6 is 0 Å². The topological polar surface area (TPSA) is 91.9 Å². The average molecular weight is 240 g/mol. The van der Waals surface area contributed by atoms with Gasteiger partial charge in [0.05, 0.1) is 4.92 Å². The summed E-state index contributed by atoms with van der Waals surface area (Å²) >= 11 is 0.